The van der Waals surface area contributed by atoms with Gasteiger partial charge in [0.05, 0.1) is 5.41 Å². The summed E-state index contributed by atoms with van der Waals surface area (Å²) < 4.78 is 11.9. The van der Waals surface area contributed by atoms with Gasteiger partial charge in [0.15, 0.2) is 0 Å². The number of fused-ring (bicyclic) bond motifs is 1. The number of esters is 1. The Morgan fingerprint density at radius 3 is 2.47 bits per heavy atom. The molecule has 6 fully saturated rings. The lowest BCUT2D eigenvalue weighted by Gasteiger charge is -2.65. The van der Waals surface area contributed by atoms with Crippen molar-refractivity contribution in [2.24, 2.45) is 28.6 Å². The van der Waals surface area contributed by atoms with Gasteiger partial charge >= 0.3 is 5.97 Å². The Morgan fingerprint density at radius 2 is 1.74 bits per heavy atom. The topological polar surface area (TPSA) is 38.8 Å². The van der Waals surface area contributed by atoms with Gasteiger partial charge in [0, 0.05) is 11.5 Å². The molecule has 6 bridgehead atoms. The van der Waals surface area contributed by atoms with Crippen LogP contribution in [0.3, 0.4) is 0 Å². The molecule has 1 saturated heterocycles. The number of benzene rings is 1. The lowest BCUT2D eigenvalue weighted by atomic mass is 9.45. The van der Waals surface area contributed by atoms with Crippen LogP contribution in [0.25, 0.3) is 0 Å². The van der Waals surface area contributed by atoms with Crippen molar-refractivity contribution in [3.63, 3.8) is 0 Å². The SMILES string of the molecule is CN1CC[C@@]23CCCC[C@]2(C)[C@@H]1Cc1ccc(OCOC(=O)C24CC5CC(CC(C5)C2)C4)cc13. The molecule has 8 rings (SSSR count). The first-order valence-electron chi connectivity index (χ1n) is 14.0. The second-order valence-corrected chi connectivity index (χ2v) is 13.4. The first-order valence-corrected chi connectivity index (χ1v) is 14.0. The molecule has 4 nitrogen and oxygen atoms in total. The minimum atomic E-state index is -0.208. The number of likely N-dealkylation sites (N-methyl/N-ethyl adjacent to an activating group) is 1. The van der Waals surface area contributed by atoms with Crippen LogP contribution >= 0.6 is 0 Å². The summed E-state index contributed by atoms with van der Waals surface area (Å²) in [5, 5.41) is 0. The second kappa shape index (κ2) is 7.48. The average Bonchev–Trinajstić information content (AvgIpc) is 2.80. The number of nitrogens with zero attached hydrogens (tertiary/aromatic N) is 1. The summed E-state index contributed by atoms with van der Waals surface area (Å²) in [6, 6.07) is 7.36. The van der Waals surface area contributed by atoms with E-state index in [4.69, 9.17) is 9.47 Å². The van der Waals surface area contributed by atoms with Crippen LogP contribution in [0, 0.1) is 28.6 Å². The van der Waals surface area contributed by atoms with Gasteiger partial charge in [-0.25, -0.2) is 0 Å². The van der Waals surface area contributed by atoms with Crippen LogP contribution in [0.2, 0.25) is 0 Å². The predicted octanol–water partition coefficient (Wildman–Crippen LogP) is 5.86. The van der Waals surface area contributed by atoms with E-state index in [-0.39, 0.29) is 23.6 Å². The zero-order valence-electron chi connectivity index (χ0n) is 21.1. The van der Waals surface area contributed by atoms with Gasteiger partial charge in [0.1, 0.15) is 5.75 Å². The van der Waals surface area contributed by atoms with Crippen molar-refractivity contribution in [2.45, 2.75) is 95.4 Å². The van der Waals surface area contributed by atoms with Gasteiger partial charge in [-0.15, -0.1) is 0 Å². The molecule has 3 atom stereocenters. The number of likely N-dealkylation sites (tertiary alicyclic amines) is 1. The van der Waals surface area contributed by atoms with Crippen molar-refractivity contribution in [2.75, 3.05) is 20.4 Å². The van der Waals surface area contributed by atoms with E-state index in [1.807, 2.05) is 0 Å². The zero-order chi connectivity index (χ0) is 23.1. The lowest BCUT2D eigenvalue weighted by Crippen LogP contribution is -2.66. The van der Waals surface area contributed by atoms with Gasteiger partial charge in [-0.05, 0) is 124 Å². The fraction of sp³-hybridized carbons (Fsp3) is 0.767. The fourth-order valence-electron chi connectivity index (χ4n) is 10.4. The Balaban J connectivity index is 1.09. The number of carbonyl (C=O) groups is 1. The third-order valence-electron chi connectivity index (χ3n) is 11.7. The summed E-state index contributed by atoms with van der Waals surface area (Å²) in [6.07, 6.45) is 14.9. The maximum absolute atomic E-state index is 13.2. The molecule has 0 N–H and O–H groups in total. The monoisotopic (exact) mass is 463 g/mol. The zero-order valence-corrected chi connectivity index (χ0v) is 21.1. The first-order chi connectivity index (χ1) is 16.4. The van der Waals surface area contributed by atoms with E-state index in [9.17, 15) is 4.79 Å². The van der Waals surface area contributed by atoms with Gasteiger partial charge in [0.2, 0.25) is 6.79 Å². The van der Waals surface area contributed by atoms with Crippen molar-refractivity contribution in [1.82, 2.24) is 4.90 Å². The third kappa shape index (κ3) is 2.96. The van der Waals surface area contributed by atoms with Crippen molar-refractivity contribution < 1.29 is 14.3 Å². The van der Waals surface area contributed by atoms with Crippen LogP contribution in [-0.4, -0.2) is 37.3 Å². The van der Waals surface area contributed by atoms with Gasteiger partial charge in [-0.3, -0.25) is 4.79 Å². The summed E-state index contributed by atoms with van der Waals surface area (Å²) in [5.41, 5.74) is 3.44. The Morgan fingerprint density at radius 1 is 1.03 bits per heavy atom. The summed E-state index contributed by atoms with van der Waals surface area (Å²) in [4.78, 5) is 15.8. The first kappa shape index (κ1) is 21.7. The maximum Gasteiger partial charge on any atom is 0.314 e. The molecular weight excluding hydrogens is 422 g/mol. The summed E-state index contributed by atoms with van der Waals surface area (Å²) in [7, 11) is 2.33. The lowest BCUT2D eigenvalue weighted by molar-refractivity contribution is -0.177. The molecule has 0 radical (unpaired) electrons. The molecular formula is C30H41NO3. The van der Waals surface area contributed by atoms with Crippen LogP contribution in [0.4, 0.5) is 0 Å². The fourth-order valence-corrected chi connectivity index (χ4v) is 10.4. The molecule has 0 spiro atoms. The highest BCUT2D eigenvalue weighted by atomic mass is 16.7. The molecule has 1 aromatic carbocycles. The van der Waals surface area contributed by atoms with Crippen molar-refractivity contribution >= 4 is 5.97 Å². The molecule has 0 unspecified atom stereocenters. The average molecular weight is 464 g/mol. The van der Waals surface area contributed by atoms with Crippen LogP contribution in [0.1, 0.15) is 88.7 Å². The number of ether oxygens (including phenoxy) is 2. The molecule has 5 saturated carbocycles. The summed E-state index contributed by atoms with van der Waals surface area (Å²) >= 11 is 0. The largest absolute Gasteiger partial charge is 0.457 e. The Kier molecular flexibility index (Phi) is 4.77. The molecule has 1 aliphatic heterocycles. The standard InChI is InChI=1S/C30H41NO3/c1-28-7-3-4-8-30(28)9-10-31(2)26(28)14-23-5-6-24(15-25(23)30)33-19-34-27(32)29-16-20-11-21(17-29)13-22(12-20)18-29/h5-6,15,20-22,26H,3-4,7-14,16-19H2,1-2H3/t20?,21?,22?,26-,28+,29?,30+/m0/s1. The Labute approximate surface area is 204 Å². The van der Waals surface area contributed by atoms with Crippen molar-refractivity contribution in [3.8, 4) is 5.75 Å². The minimum absolute atomic E-state index is 0.0150. The molecule has 0 aromatic heterocycles. The second-order valence-electron chi connectivity index (χ2n) is 13.4. The van der Waals surface area contributed by atoms with Gasteiger partial charge in [-0.2, -0.15) is 0 Å². The maximum atomic E-state index is 13.2. The highest BCUT2D eigenvalue weighted by molar-refractivity contribution is 5.77. The smallest absolute Gasteiger partial charge is 0.314 e. The van der Waals surface area contributed by atoms with Crippen molar-refractivity contribution in [3.05, 3.63) is 29.3 Å². The van der Waals surface area contributed by atoms with Crippen molar-refractivity contribution in [1.29, 1.82) is 0 Å². The molecule has 34 heavy (non-hydrogen) atoms. The summed E-state index contributed by atoms with van der Waals surface area (Å²) in [6.45, 7) is 3.80. The quantitative estimate of drug-likeness (QED) is 0.414. The number of piperidine rings is 1. The Hall–Kier alpha value is -1.55. The molecule has 1 aromatic rings. The molecule has 1 heterocycles. The number of carbonyl (C=O) groups excluding carboxylic acids is 1. The van der Waals surface area contributed by atoms with E-state index in [2.05, 4.69) is 37.1 Å². The van der Waals surface area contributed by atoms with Gasteiger partial charge in [-0.1, -0.05) is 25.8 Å². The van der Waals surface area contributed by atoms with E-state index in [0.29, 0.717) is 11.5 Å². The highest BCUT2D eigenvalue weighted by Gasteiger charge is 2.60. The van der Waals surface area contributed by atoms with E-state index < -0.39 is 0 Å². The summed E-state index contributed by atoms with van der Waals surface area (Å²) in [5.74, 6) is 3.14. The van der Waals surface area contributed by atoms with Gasteiger partial charge in [0.25, 0.3) is 0 Å². The van der Waals surface area contributed by atoms with Crippen LogP contribution < -0.4 is 4.74 Å². The van der Waals surface area contributed by atoms with Crippen LogP contribution in [0.15, 0.2) is 18.2 Å². The highest BCUT2D eigenvalue weighted by Crippen LogP contribution is 2.63. The van der Waals surface area contributed by atoms with E-state index >= 15 is 0 Å². The molecule has 6 aliphatic carbocycles. The van der Waals surface area contributed by atoms with Crippen LogP contribution in [0.5, 0.6) is 5.75 Å². The van der Waals surface area contributed by atoms with Gasteiger partial charge < -0.3 is 14.4 Å². The third-order valence-corrected chi connectivity index (χ3v) is 11.7. The van der Waals surface area contributed by atoms with E-state index in [1.165, 1.54) is 69.0 Å². The molecule has 7 aliphatic rings. The Bertz CT molecular complexity index is 967. The number of hydrogen-bond donors (Lipinski definition) is 0. The minimum Gasteiger partial charge on any atom is -0.457 e. The molecule has 184 valence electrons. The number of rotatable bonds is 4. The van der Waals surface area contributed by atoms with E-state index in [1.54, 1.807) is 0 Å². The molecule has 4 heteroatoms. The predicted molar refractivity (Wildman–Crippen MR) is 132 cm³/mol. The van der Waals surface area contributed by atoms with Crippen LogP contribution in [-0.2, 0) is 21.4 Å². The molecule has 0 amide bonds. The van der Waals surface area contributed by atoms with E-state index in [0.717, 1.165) is 49.2 Å². The normalized spacial score (nSPS) is 44.3. The number of hydrogen-bond acceptors (Lipinski definition) is 4.